The summed E-state index contributed by atoms with van der Waals surface area (Å²) in [6.45, 7) is 1.21. The van der Waals surface area contributed by atoms with Gasteiger partial charge >= 0.3 is 7.62 Å². The van der Waals surface area contributed by atoms with Gasteiger partial charge in [-0.1, -0.05) is 24.3 Å². The summed E-state index contributed by atoms with van der Waals surface area (Å²) >= 11 is 4.45. The van der Waals surface area contributed by atoms with Crippen molar-refractivity contribution in [1.82, 2.24) is 20.5 Å². The fraction of sp³-hybridized carbons (Fsp3) is 0.405. The lowest BCUT2D eigenvalue weighted by atomic mass is 10.0. The van der Waals surface area contributed by atoms with Crippen LogP contribution in [0.1, 0.15) is 53.6 Å². The van der Waals surface area contributed by atoms with Crippen molar-refractivity contribution >= 4 is 58.0 Å². The molecule has 0 aromatic heterocycles. The van der Waals surface area contributed by atoms with Gasteiger partial charge in [-0.2, -0.15) is 12.6 Å². The molecule has 4 amide bonds. The van der Waals surface area contributed by atoms with Gasteiger partial charge in [0.15, 0.2) is 18.1 Å². The van der Waals surface area contributed by atoms with Gasteiger partial charge in [-0.15, -0.1) is 0 Å². The van der Waals surface area contributed by atoms with Gasteiger partial charge in [0.2, 0.25) is 5.91 Å². The van der Waals surface area contributed by atoms with Crippen molar-refractivity contribution in [2.24, 2.45) is 0 Å². The molecular weight excluding hydrogens is 716 g/mol. The predicted molar refractivity (Wildman–Crippen MR) is 210 cm³/mol. The van der Waals surface area contributed by atoms with Crippen molar-refractivity contribution in [1.29, 1.82) is 0 Å². The molecule has 1 radical (unpaired) electrons. The Hall–Kier alpha value is -4.30. The molecule has 13 nitrogen and oxygen atoms in total. The highest BCUT2D eigenvalue weighted by molar-refractivity contribution is 7.81. The average molecular weight is 765 g/mol. The zero-order valence-corrected chi connectivity index (χ0v) is 32.0. The van der Waals surface area contributed by atoms with Crippen LogP contribution < -0.4 is 35.2 Å². The molecule has 5 N–H and O–H groups in total. The van der Waals surface area contributed by atoms with Gasteiger partial charge < -0.3 is 45.1 Å². The third kappa shape index (κ3) is 13.6. The van der Waals surface area contributed by atoms with Crippen molar-refractivity contribution in [3.63, 3.8) is 0 Å². The number of rotatable bonds is 21. The number of likely N-dealkylation sites (tertiary alicyclic amines) is 1. The maximum Gasteiger partial charge on any atom is 0.397 e. The molecule has 3 atom stereocenters. The van der Waals surface area contributed by atoms with E-state index in [-0.39, 0.29) is 35.2 Å². The number of anilines is 1. The molecule has 0 bridgehead atoms. The first kappa shape index (κ1) is 41.5. The molecule has 4 rings (SSSR count). The van der Waals surface area contributed by atoms with Crippen molar-refractivity contribution in [3.8, 4) is 17.2 Å². The minimum absolute atomic E-state index is 0.0707. The number of nitrogens with zero attached hydrogens (tertiary/aromatic N) is 1. The summed E-state index contributed by atoms with van der Waals surface area (Å²) in [7, 11) is 3.54. The van der Waals surface area contributed by atoms with Crippen LogP contribution in [0.3, 0.4) is 0 Å². The lowest BCUT2D eigenvalue weighted by molar-refractivity contribution is -0.123. The summed E-state index contributed by atoms with van der Waals surface area (Å²) in [6, 6.07) is 19.7. The lowest BCUT2D eigenvalue weighted by Crippen LogP contribution is -2.42. The fourth-order valence-electron chi connectivity index (χ4n) is 5.90. The largest absolute Gasteiger partial charge is 0.493 e. The minimum atomic E-state index is -0.705. The first-order valence-corrected chi connectivity index (χ1v) is 19.1. The highest BCUT2D eigenvalue weighted by Crippen LogP contribution is 2.29. The first-order valence-electron chi connectivity index (χ1n) is 17.5. The van der Waals surface area contributed by atoms with E-state index in [1.54, 1.807) is 38.5 Å². The maximum absolute atomic E-state index is 13.0. The van der Waals surface area contributed by atoms with Gasteiger partial charge in [0.1, 0.15) is 11.8 Å². The summed E-state index contributed by atoms with van der Waals surface area (Å²) in [5.74, 6) is 1.25. The van der Waals surface area contributed by atoms with Crippen molar-refractivity contribution in [2.45, 2.75) is 56.2 Å². The van der Waals surface area contributed by atoms with Crippen LogP contribution in [0, 0.1) is 0 Å². The van der Waals surface area contributed by atoms with Gasteiger partial charge in [0.25, 0.3) is 17.5 Å². The molecule has 53 heavy (non-hydrogen) atoms. The zero-order valence-electron chi connectivity index (χ0n) is 30.1. The number of amides is 4. The van der Waals surface area contributed by atoms with Crippen LogP contribution in [-0.2, 0) is 22.4 Å². The molecule has 3 aromatic carbocycles. The second kappa shape index (κ2) is 22.0. The van der Waals surface area contributed by atoms with E-state index in [9.17, 15) is 19.2 Å². The Morgan fingerprint density at radius 1 is 0.887 bits per heavy atom. The molecule has 3 aromatic rings. The summed E-state index contributed by atoms with van der Waals surface area (Å²) in [6.07, 6.45) is 5.39. The average Bonchev–Trinajstić information content (AvgIpc) is 3.57. The van der Waals surface area contributed by atoms with Gasteiger partial charge in [0, 0.05) is 44.9 Å². The number of carbonyl (C=O) groups excluding carboxylic acids is 4. The highest BCUT2D eigenvalue weighted by atomic mass is 32.1. The van der Waals surface area contributed by atoms with Crippen LogP contribution >= 0.6 is 21.4 Å². The molecule has 1 unspecified atom stereocenters. The van der Waals surface area contributed by atoms with E-state index in [1.807, 2.05) is 36.4 Å². The SMILES string of the molecule is COc1ccc(CCCc2cccc(OCC(=O)NCCCCCNC(=O)c3cccc(NC(=O)[C@@H]4C[C@H](S)CN4C(=O)PN[B]O)c3)c2)cc1OC. The Labute approximate surface area is 318 Å². The number of hydrogen-bond donors (Lipinski definition) is 6. The third-order valence-corrected chi connectivity index (χ3v) is 9.74. The quantitative estimate of drug-likeness (QED) is 0.0405. The van der Waals surface area contributed by atoms with Crippen LogP contribution in [0.4, 0.5) is 10.5 Å². The van der Waals surface area contributed by atoms with Crippen molar-refractivity contribution in [3.05, 3.63) is 83.4 Å². The number of thiol groups is 1. The Morgan fingerprint density at radius 3 is 2.38 bits per heavy atom. The fourth-order valence-corrected chi connectivity index (χ4v) is 6.85. The molecule has 0 saturated carbocycles. The maximum atomic E-state index is 13.0. The second-order valence-corrected chi connectivity index (χ2v) is 14.2. The minimum Gasteiger partial charge on any atom is -0.493 e. The molecular formula is C37H48BN5O8PS. The summed E-state index contributed by atoms with van der Waals surface area (Å²) < 4.78 is 16.4. The summed E-state index contributed by atoms with van der Waals surface area (Å²) in [5, 5.41) is 17.3. The number of methoxy groups -OCH3 is 2. The Kier molecular flexibility index (Phi) is 17.2. The number of carbonyl (C=O) groups is 4. The van der Waals surface area contributed by atoms with E-state index in [1.165, 1.54) is 10.5 Å². The highest BCUT2D eigenvalue weighted by Gasteiger charge is 2.38. The number of nitrogens with one attached hydrogen (secondary N) is 4. The second-order valence-electron chi connectivity index (χ2n) is 12.5. The molecule has 0 aliphatic carbocycles. The predicted octanol–water partition coefficient (Wildman–Crippen LogP) is 4.12. The van der Waals surface area contributed by atoms with E-state index < -0.39 is 14.8 Å². The molecule has 1 aliphatic heterocycles. The normalized spacial score (nSPS) is 15.2. The number of hydrogen-bond acceptors (Lipinski definition) is 10. The van der Waals surface area contributed by atoms with Gasteiger partial charge in [0.05, 0.1) is 14.2 Å². The van der Waals surface area contributed by atoms with Crippen LogP contribution in [-0.4, -0.2) is 92.7 Å². The molecule has 16 heteroatoms. The van der Waals surface area contributed by atoms with E-state index in [0.29, 0.717) is 56.4 Å². The van der Waals surface area contributed by atoms with E-state index in [2.05, 4.69) is 39.6 Å². The lowest BCUT2D eigenvalue weighted by Gasteiger charge is -2.23. The number of benzene rings is 3. The van der Waals surface area contributed by atoms with Crippen molar-refractivity contribution in [2.75, 3.05) is 45.8 Å². The van der Waals surface area contributed by atoms with E-state index in [4.69, 9.17) is 19.2 Å². The van der Waals surface area contributed by atoms with Gasteiger partial charge in [-0.3, -0.25) is 19.2 Å². The standard InChI is InChI=1S/C37H48BN5O8PS/c1-49-32-16-15-26(20-33(32)50-2)10-6-9-25-11-7-14-29(19-25)51-24-34(44)39-17-4-3-5-18-40-35(45)27-12-8-13-28(21-27)41-36(46)31-22-30(53)23-43(31)37(47)52-42-38-48/h7-8,11-16,19-21,30-31,42,48,52-53H,3-6,9-10,17-18,22-24H2,1-2H3,(H,39,44)(H,40,45)(H,41,46)/t30-,31-/m0/s1. The summed E-state index contributed by atoms with van der Waals surface area (Å²) in [4.78, 5) is 54.6. The Balaban J connectivity index is 1.08. The third-order valence-electron chi connectivity index (χ3n) is 8.59. The van der Waals surface area contributed by atoms with E-state index >= 15 is 0 Å². The monoisotopic (exact) mass is 764 g/mol. The molecule has 1 heterocycles. The smallest absolute Gasteiger partial charge is 0.397 e. The molecule has 1 saturated heterocycles. The molecule has 0 spiro atoms. The van der Waals surface area contributed by atoms with Crippen LogP contribution in [0.5, 0.6) is 17.2 Å². The van der Waals surface area contributed by atoms with Gasteiger partial charge in [-0.05, 0) is 98.5 Å². The van der Waals surface area contributed by atoms with Crippen LogP contribution in [0.2, 0.25) is 0 Å². The molecule has 1 fully saturated rings. The number of ether oxygens (including phenoxy) is 3. The summed E-state index contributed by atoms with van der Waals surface area (Å²) in [5.41, 5.74) is 2.84. The molecule has 283 valence electrons. The first-order chi connectivity index (χ1) is 25.7. The number of aryl methyl sites for hydroxylation is 2. The van der Waals surface area contributed by atoms with Gasteiger partial charge in [-0.25, -0.2) is 0 Å². The zero-order chi connectivity index (χ0) is 38.0. The van der Waals surface area contributed by atoms with Crippen LogP contribution in [0.15, 0.2) is 66.7 Å². The molecule has 1 aliphatic rings. The van der Waals surface area contributed by atoms with E-state index in [0.717, 1.165) is 49.8 Å². The Bertz CT molecular complexity index is 1690. The Morgan fingerprint density at radius 2 is 1.62 bits per heavy atom. The van der Waals surface area contributed by atoms with Crippen molar-refractivity contribution < 1.29 is 38.4 Å². The number of unbranched alkanes of at least 4 members (excludes halogenated alkanes) is 2. The van der Waals surface area contributed by atoms with Crippen LogP contribution in [0.25, 0.3) is 0 Å². The topological polar surface area (TPSA) is 168 Å².